The van der Waals surface area contributed by atoms with Crippen LogP contribution in [0.5, 0.6) is 11.5 Å². The summed E-state index contributed by atoms with van der Waals surface area (Å²) in [5.41, 5.74) is 51.4. The van der Waals surface area contributed by atoms with Gasteiger partial charge in [0.2, 0.25) is 76.8 Å². The molecule has 1 fully saturated rings. The number of unbranched alkanes of at least 4 members (excludes halogenated alkanes) is 1. The third-order valence-electron chi connectivity index (χ3n) is 22.9. The second kappa shape index (κ2) is 64.4. The topological polar surface area (TPSA) is 912 Å². The number of nitrogens with one attached hydrogen (secondary N) is 23. The quantitative estimate of drug-likeness (QED) is 0.00845. The molecule has 0 aromatic heterocycles. The van der Waals surface area contributed by atoms with Crippen molar-refractivity contribution in [3.63, 3.8) is 0 Å². The van der Waals surface area contributed by atoms with Gasteiger partial charge in [0.15, 0.2) is 23.8 Å². The molecule has 1 aliphatic heterocycles. The number of aromatic hydroxyl groups is 2. The van der Waals surface area contributed by atoms with Gasteiger partial charge in [0.05, 0.1) is 6.04 Å². The largest absolute Gasteiger partial charge is 0.508 e. The van der Waals surface area contributed by atoms with Crippen LogP contribution < -0.4 is 153 Å². The summed E-state index contributed by atoms with van der Waals surface area (Å²) in [5, 5.41) is 111. The minimum atomic E-state index is -1.68. The van der Waals surface area contributed by atoms with E-state index >= 15 is 28.8 Å². The zero-order chi connectivity index (χ0) is 107. The third kappa shape index (κ3) is 45.8. The first kappa shape index (κ1) is 120. The Balaban J connectivity index is 1.49. The van der Waals surface area contributed by atoms with E-state index in [4.69, 9.17) is 73.2 Å². The normalized spacial score (nSPS) is 14.7. The van der Waals surface area contributed by atoms with Gasteiger partial charge < -0.3 is 173 Å². The number of carboxylic acids is 1. The van der Waals surface area contributed by atoms with Crippen LogP contribution in [0.3, 0.4) is 0 Å². The van der Waals surface area contributed by atoms with Crippen molar-refractivity contribution in [3.8, 4) is 11.5 Å². The number of aliphatic carboxylic acids is 1. The van der Waals surface area contributed by atoms with Crippen molar-refractivity contribution in [2.24, 2.45) is 51.6 Å². The molecule has 55 heteroatoms. The summed E-state index contributed by atoms with van der Waals surface area (Å²) in [4.78, 5) is 242. The molecule has 0 bridgehead atoms. The lowest BCUT2D eigenvalue weighted by Gasteiger charge is -2.31. The molecule has 53 nitrogen and oxygen atoms in total. The maximum atomic E-state index is 15.4. The van der Waals surface area contributed by atoms with Gasteiger partial charge in [-0.1, -0.05) is 66.7 Å². The number of amides is 19. The maximum Gasteiger partial charge on any atom is 0.326 e. The smallest absolute Gasteiger partial charge is 0.326 e. The average Bonchev–Trinajstić information content (AvgIpc) is 1.68. The molecule has 1 saturated heterocycles. The number of guanidine groups is 4. The van der Waals surface area contributed by atoms with Crippen LogP contribution >= 0.6 is 25.3 Å². The second-order valence-corrected chi connectivity index (χ2v) is 35.1. The number of hydrogen-bond acceptors (Lipinski definition) is 27. The van der Waals surface area contributed by atoms with Crippen LogP contribution in [0.1, 0.15) is 139 Å². The molecular formula is C90H141N33O20S2. The Morgan fingerprint density at radius 2 is 0.628 bits per heavy atom. The number of nitrogens with two attached hydrogens (primary N) is 9. The minimum Gasteiger partial charge on any atom is -0.508 e. The number of carbonyl (C=O) groups is 17. The molecule has 0 unspecified atom stereocenters. The number of nitrogens with zero attached hydrogens (tertiary/aromatic N) is 1. The molecule has 5 rings (SSSR count). The van der Waals surface area contributed by atoms with E-state index in [1.54, 1.807) is 24.3 Å². The van der Waals surface area contributed by atoms with Gasteiger partial charge in [0.25, 0.3) is 0 Å². The van der Waals surface area contributed by atoms with Crippen LogP contribution in [0.15, 0.2) is 91.0 Å². The third-order valence-corrected chi connectivity index (χ3v) is 23.7. The van der Waals surface area contributed by atoms with Gasteiger partial charge in [0, 0.05) is 83.1 Å². The Kier molecular flexibility index (Phi) is 53.4. The molecule has 19 amide bonds. The highest BCUT2D eigenvalue weighted by molar-refractivity contribution is 7.80. The van der Waals surface area contributed by atoms with Gasteiger partial charge in [-0.15, -0.1) is 0 Å². The molecule has 0 spiro atoms. The molecule has 4 aromatic rings. The average molecular weight is 2070 g/mol. The second-order valence-electron chi connectivity index (χ2n) is 34.4. The van der Waals surface area contributed by atoms with Crippen LogP contribution in [0.2, 0.25) is 0 Å². The van der Waals surface area contributed by atoms with Crippen molar-refractivity contribution in [3.05, 3.63) is 108 Å². The van der Waals surface area contributed by atoms with E-state index in [1.807, 2.05) is 18.2 Å². The minimum absolute atomic E-state index is 0.0112. The first-order chi connectivity index (χ1) is 69.0. The molecule has 1 aliphatic rings. The van der Waals surface area contributed by atoms with E-state index in [-0.39, 0.29) is 223 Å². The van der Waals surface area contributed by atoms with Crippen LogP contribution in [0.4, 0.5) is 14.4 Å². The van der Waals surface area contributed by atoms with Crippen LogP contribution in [0.25, 0.3) is 10.8 Å². The zero-order valence-electron chi connectivity index (χ0n) is 80.4. The van der Waals surface area contributed by atoms with Gasteiger partial charge in [-0.05, 0) is 180 Å². The maximum absolute atomic E-state index is 15.4. The summed E-state index contributed by atoms with van der Waals surface area (Å²) in [6.07, 6.45) is -1.55. The van der Waals surface area contributed by atoms with Gasteiger partial charge in [-0.25, -0.2) is 19.2 Å². The van der Waals surface area contributed by atoms with E-state index in [2.05, 4.69) is 126 Å². The number of carbonyl (C=O) groups excluding carboxylic acids is 16. The molecule has 145 heavy (non-hydrogen) atoms. The Bertz CT molecular complexity index is 5050. The molecule has 798 valence electrons. The van der Waals surface area contributed by atoms with E-state index in [0.29, 0.717) is 23.1 Å². The summed E-state index contributed by atoms with van der Waals surface area (Å²) in [6.45, 7) is -0.219. The number of likely N-dealkylation sites (tertiary alicyclic amines) is 1. The highest BCUT2D eigenvalue weighted by Crippen LogP contribution is 2.24. The van der Waals surface area contributed by atoms with Gasteiger partial charge in [0.1, 0.15) is 90.0 Å². The molecule has 1 heterocycles. The van der Waals surface area contributed by atoms with Crippen molar-refractivity contribution < 1.29 is 96.8 Å². The van der Waals surface area contributed by atoms with Gasteiger partial charge in [-0.2, -0.15) is 25.3 Å². The number of hydrogen-bond donors (Lipinski definition) is 37. The van der Waals surface area contributed by atoms with Crippen LogP contribution in [0, 0.1) is 21.6 Å². The monoisotopic (exact) mass is 2070 g/mol. The summed E-state index contributed by atoms with van der Waals surface area (Å²) in [6, 6.07) is -0.859. The predicted molar refractivity (Wildman–Crippen MR) is 542 cm³/mol. The van der Waals surface area contributed by atoms with Crippen molar-refractivity contribution in [2.45, 2.75) is 226 Å². The number of thiol groups is 2. The first-order valence-electron chi connectivity index (χ1n) is 47.3. The molecule has 14 atom stereocenters. The SMILES string of the molecule is N=C(N)NCCC[C@H](NC(=O)[C@H](CS)NC(=O)[C@H](CCCNC(N)=O)NC(=O)[C@H](CCCNC(=N)N)NC(=O)[C@H](Cc1ccc(O)cc1)NC(=O)[C@@H]1CCCN1C(=O)[C@H](CCCNC(N)=O)NC(=O)[C@H](CCCCN)NC(=O)[C@H](CCCNC(N)=O)NC(=O)[C@H](Cc1ccc(O)cc1)NC(=O)[C@H](CS)NC(=O)[C@H](Cc1ccc2ccccc2c1)NC(=O)[C@H](CCCNC(=N)N)NC(=O)[C@@H](N)CCCNC(=N)N)C(=O)O. The molecule has 0 radical (unpaired) electrons. The fourth-order valence-electron chi connectivity index (χ4n) is 15.3. The Morgan fingerprint density at radius 3 is 0.993 bits per heavy atom. The van der Waals surface area contributed by atoms with Crippen LogP contribution in [-0.4, -0.2) is 300 Å². The number of fused-ring (bicyclic) bond motifs is 1. The summed E-state index contributed by atoms with van der Waals surface area (Å²) >= 11 is 8.67. The number of urea groups is 3. The number of benzene rings is 4. The number of phenolic OH excluding ortho intramolecular Hbond substituents is 2. The summed E-state index contributed by atoms with van der Waals surface area (Å²) in [5.74, 6) is -16.8. The highest BCUT2D eigenvalue weighted by Gasteiger charge is 2.42. The standard InChI is InChI=1S/C90H141N33O20S2/c91-34-4-3-16-57(112-71(127)60(19-8-39-108-88(101)141)114-76(132)64(44-49-25-30-54(124)31-26-49)119-80(136)68(48-145)122-78(134)66(46-51-24-29-52-13-1-2-14-53(52)43-51)118-74(130)58(17-6-36-105-85(95)96)111-70(126)56(92)15-5-35-104-84(93)94)73(129)116-62(21-10-41-110-90(103)143)82(138)123-42-12-23-69(123)81(137)120-65(45-50-27-32-55(125)33-28-50)77(133)115-59(18-7-37-106-86(97)98)72(128)113-61(20-9-40-109-89(102)142)75(131)121-67(47-144)79(135)117-63(83(139)140)22-11-38-107-87(99)100/h1-2,13-14,24-33,43,56-69,124-125,144-145H,3-12,15-23,34-42,44-48,91-92H2,(H,111,126)(H,112,127)(H,113,128)(H,114,132)(H,115,133)(H,116,129)(H,117,135)(H,118,130)(H,119,136)(H,120,137)(H,121,131)(H,122,134)(H,139,140)(H4,93,94,104)(H4,95,96,105)(H4,97,98,106)(H4,99,100,107)(H3,101,108,141)(H3,102,109,142)(H3,103,110,143)/t56-,57-,58-,59-,60-,61-,62-,63-,64-,65-,66-,67-,68-,69-/m0/s1. The Hall–Kier alpha value is -15.2. The molecular weight excluding hydrogens is 1930 g/mol. The van der Waals surface area contributed by atoms with E-state index < -0.39 is 203 Å². The van der Waals surface area contributed by atoms with E-state index in [9.17, 15) is 68.1 Å². The highest BCUT2D eigenvalue weighted by atomic mass is 32.1. The fourth-order valence-corrected chi connectivity index (χ4v) is 15.8. The van der Waals surface area contributed by atoms with Crippen molar-refractivity contribution in [1.82, 2.24) is 106 Å². The number of phenols is 2. The summed E-state index contributed by atoms with van der Waals surface area (Å²) < 4.78 is 0. The van der Waals surface area contributed by atoms with Crippen LogP contribution in [-0.2, 0) is 86.4 Å². The number of carboxylic acid groups (broad SMARTS) is 1. The van der Waals surface area contributed by atoms with Gasteiger partial charge in [-0.3, -0.25) is 84.0 Å². The lowest BCUT2D eigenvalue weighted by atomic mass is 10.00. The lowest BCUT2D eigenvalue weighted by molar-refractivity contribution is -0.142. The Labute approximate surface area is 847 Å². The van der Waals surface area contributed by atoms with Crippen molar-refractivity contribution in [2.75, 3.05) is 70.4 Å². The molecule has 4 aromatic carbocycles. The fraction of sp³-hybridized carbons (Fsp3) is 0.522. The van der Waals surface area contributed by atoms with Crippen molar-refractivity contribution >= 4 is 161 Å². The molecule has 0 aliphatic carbocycles. The lowest BCUT2D eigenvalue weighted by Crippen LogP contribution is -2.61. The summed E-state index contributed by atoms with van der Waals surface area (Å²) in [7, 11) is 0. The first-order valence-corrected chi connectivity index (χ1v) is 48.6. The molecule has 0 saturated carbocycles. The van der Waals surface area contributed by atoms with E-state index in [0.717, 1.165) is 15.7 Å². The van der Waals surface area contributed by atoms with Gasteiger partial charge >= 0.3 is 24.1 Å². The number of primary amides is 3. The van der Waals surface area contributed by atoms with Crippen molar-refractivity contribution in [1.29, 1.82) is 21.6 Å². The Morgan fingerprint density at radius 1 is 0.338 bits per heavy atom. The predicted octanol–water partition coefficient (Wildman–Crippen LogP) is -7.11. The number of rotatable bonds is 66. The van der Waals surface area contributed by atoms with E-state index in [1.165, 1.54) is 48.5 Å². The zero-order valence-corrected chi connectivity index (χ0v) is 82.2. The molecule has 44 N–H and O–H groups in total.